The molecule has 1 N–H and O–H groups in total. The van der Waals surface area contributed by atoms with E-state index in [0.717, 1.165) is 27.0 Å². The average Bonchev–Trinajstić information content (AvgIpc) is 3.24. The number of halogens is 2. The summed E-state index contributed by atoms with van der Waals surface area (Å²) in [6.45, 7) is 1.94. The molecule has 140 valence electrons. The molecule has 0 radical (unpaired) electrons. The summed E-state index contributed by atoms with van der Waals surface area (Å²) in [6, 6.07) is 13.4. The maximum Gasteiger partial charge on any atom is 0.226 e. The zero-order valence-corrected chi connectivity index (χ0v) is 17.1. The van der Waals surface area contributed by atoms with E-state index in [1.807, 2.05) is 43.3 Å². The Bertz CT molecular complexity index is 1210. The Kier molecular flexibility index (Phi) is 4.16. The van der Waals surface area contributed by atoms with Crippen molar-refractivity contribution in [3.8, 4) is 5.13 Å². The molecule has 2 aromatic carbocycles. The van der Waals surface area contributed by atoms with Gasteiger partial charge in [0.15, 0.2) is 0 Å². The van der Waals surface area contributed by atoms with Gasteiger partial charge in [0.25, 0.3) is 0 Å². The van der Waals surface area contributed by atoms with Gasteiger partial charge in [-0.15, -0.1) is 0 Å². The molecule has 0 aliphatic carbocycles. The van der Waals surface area contributed by atoms with Crippen LogP contribution in [0.25, 0.3) is 15.3 Å². The average molecular weight is 429 g/mol. The number of aromatic nitrogens is 3. The van der Waals surface area contributed by atoms with E-state index in [0.29, 0.717) is 27.4 Å². The minimum absolute atomic E-state index is 0.0872. The summed E-state index contributed by atoms with van der Waals surface area (Å²) in [5, 5.41) is 9.33. The van der Waals surface area contributed by atoms with E-state index in [-0.39, 0.29) is 11.8 Å². The second-order valence-corrected chi connectivity index (χ2v) is 8.47. The van der Waals surface area contributed by atoms with Crippen molar-refractivity contribution in [2.45, 2.75) is 19.3 Å². The first-order valence-electron chi connectivity index (χ1n) is 8.72. The zero-order valence-electron chi connectivity index (χ0n) is 14.7. The normalized spacial score (nSPS) is 16.2. The van der Waals surface area contributed by atoms with Crippen molar-refractivity contribution in [2.75, 3.05) is 5.32 Å². The number of benzene rings is 2. The minimum Gasteiger partial charge on any atom is -0.310 e. The molecule has 8 heteroatoms. The van der Waals surface area contributed by atoms with Gasteiger partial charge in [-0.3, -0.25) is 4.79 Å². The predicted octanol–water partition coefficient (Wildman–Crippen LogP) is 5.57. The molecule has 2 aromatic heterocycles. The summed E-state index contributed by atoms with van der Waals surface area (Å²) >= 11 is 14.2. The Morgan fingerprint density at radius 1 is 1.18 bits per heavy atom. The van der Waals surface area contributed by atoms with E-state index in [4.69, 9.17) is 28.3 Å². The highest BCUT2D eigenvalue weighted by atomic mass is 35.5. The highest BCUT2D eigenvalue weighted by molar-refractivity contribution is 7.20. The smallest absolute Gasteiger partial charge is 0.226 e. The standard InChI is InChI=1S/C20H14Cl2N4OS/c1-10-17-12(11-5-4-6-13(21)18(11)22)9-16(27)24-19(17)26(25-10)20-23-14-7-2-3-8-15(14)28-20/h2-8,12H,9H2,1H3,(H,24,27). The van der Waals surface area contributed by atoms with Crippen LogP contribution in [0.4, 0.5) is 5.82 Å². The van der Waals surface area contributed by atoms with E-state index < -0.39 is 0 Å². The molecule has 0 saturated carbocycles. The molecule has 0 fully saturated rings. The lowest BCUT2D eigenvalue weighted by molar-refractivity contribution is -0.116. The number of hydrogen-bond donors (Lipinski definition) is 1. The fourth-order valence-electron chi connectivity index (χ4n) is 3.69. The fraction of sp³-hybridized carbons (Fsp3) is 0.150. The van der Waals surface area contributed by atoms with Gasteiger partial charge in [0.2, 0.25) is 11.0 Å². The van der Waals surface area contributed by atoms with Gasteiger partial charge in [-0.1, -0.05) is 58.8 Å². The van der Waals surface area contributed by atoms with Gasteiger partial charge in [-0.25, -0.2) is 4.98 Å². The summed E-state index contributed by atoms with van der Waals surface area (Å²) in [6.07, 6.45) is 0.291. The van der Waals surface area contributed by atoms with Crippen molar-refractivity contribution in [2.24, 2.45) is 0 Å². The van der Waals surface area contributed by atoms with Crippen LogP contribution in [0.1, 0.15) is 29.2 Å². The van der Waals surface area contributed by atoms with E-state index in [9.17, 15) is 4.79 Å². The lowest BCUT2D eigenvalue weighted by atomic mass is 9.86. The van der Waals surface area contributed by atoms with Gasteiger partial charge in [-0.05, 0) is 30.7 Å². The Hall–Kier alpha value is -2.41. The van der Waals surface area contributed by atoms with Crippen molar-refractivity contribution >= 4 is 56.5 Å². The number of para-hydroxylation sites is 1. The third-order valence-electron chi connectivity index (χ3n) is 4.92. The van der Waals surface area contributed by atoms with Crippen molar-refractivity contribution < 1.29 is 4.79 Å². The molecule has 0 spiro atoms. The van der Waals surface area contributed by atoms with E-state index in [2.05, 4.69) is 10.3 Å². The maximum atomic E-state index is 12.5. The molecular formula is C20H14Cl2N4OS. The Morgan fingerprint density at radius 3 is 2.82 bits per heavy atom. The van der Waals surface area contributed by atoms with Crippen LogP contribution in [-0.2, 0) is 4.79 Å². The lowest BCUT2D eigenvalue weighted by Gasteiger charge is -2.25. The molecule has 0 bridgehead atoms. The Labute approximate surface area is 174 Å². The summed E-state index contributed by atoms with van der Waals surface area (Å²) in [4.78, 5) is 17.2. The Morgan fingerprint density at radius 2 is 2.00 bits per heavy atom. The zero-order chi connectivity index (χ0) is 19.4. The summed E-state index contributed by atoms with van der Waals surface area (Å²) in [5.74, 6) is 0.350. The first kappa shape index (κ1) is 17.7. The number of nitrogens with zero attached hydrogens (tertiary/aromatic N) is 3. The molecule has 1 amide bonds. The monoisotopic (exact) mass is 428 g/mol. The predicted molar refractivity (Wildman–Crippen MR) is 113 cm³/mol. The number of fused-ring (bicyclic) bond motifs is 2. The molecular weight excluding hydrogens is 415 g/mol. The molecule has 1 atom stereocenters. The number of rotatable bonds is 2. The number of hydrogen-bond acceptors (Lipinski definition) is 4. The molecule has 5 rings (SSSR count). The molecule has 1 aliphatic heterocycles. The number of thiazole rings is 1. The number of anilines is 1. The molecule has 1 unspecified atom stereocenters. The Balaban J connectivity index is 1.70. The first-order chi connectivity index (χ1) is 13.5. The van der Waals surface area contributed by atoms with Crippen LogP contribution in [0.3, 0.4) is 0 Å². The van der Waals surface area contributed by atoms with Crippen molar-refractivity contribution in [3.63, 3.8) is 0 Å². The second-order valence-electron chi connectivity index (χ2n) is 6.67. The van der Waals surface area contributed by atoms with Gasteiger partial charge in [0.1, 0.15) is 5.82 Å². The van der Waals surface area contributed by atoms with Gasteiger partial charge in [0, 0.05) is 17.9 Å². The molecule has 1 aliphatic rings. The van der Waals surface area contributed by atoms with Gasteiger partial charge in [0.05, 0.1) is 26.0 Å². The highest BCUT2D eigenvalue weighted by Gasteiger charge is 2.34. The molecule has 28 heavy (non-hydrogen) atoms. The quantitative estimate of drug-likeness (QED) is 0.453. The van der Waals surface area contributed by atoms with Crippen LogP contribution in [0, 0.1) is 6.92 Å². The molecule has 0 saturated heterocycles. The van der Waals surface area contributed by atoms with Crippen LogP contribution in [0.15, 0.2) is 42.5 Å². The third kappa shape index (κ3) is 2.71. The summed E-state index contributed by atoms with van der Waals surface area (Å²) in [5.41, 5.74) is 3.51. The number of carbonyl (C=O) groups is 1. The molecule has 5 nitrogen and oxygen atoms in total. The van der Waals surface area contributed by atoms with E-state index in [1.54, 1.807) is 10.7 Å². The van der Waals surface area contributed by atoms with Gasteiger partial charge < -0.3 is 5.32 Å². The van der Waals surface area contributed by atoms with Crippen molar-refractivity contribution in [3.05, 3.63) is 69.3 Å². The number of nitrogens with one attached hydrogen (secondary N) is 1. The molecule has 4 aromatic rings. The fourth-order valence-corrected chi connectivity index (χ4v) is 5.06. The topological polar surface area (TPSA) is 59.8 Å². The minimum atomic E-state index is -0.210. The van der Waals surface area contributed by atoms with Gasteiger partial charge >= 0.3 is 0 Å². The molecule has 3 heterocycles. The number of amides is 1. The van der Waals surface area contributed by atoms with E-state index in [1.165, 1.54) is 11.3 Å². The lowest BCUT2D eigenvalue weighted by Crippen LogP contribution is -2.25. The van der Waals surface area contributed by atoms with Crippen LogP contribution in [0.5, 0.6) is 0 Å². The van der Waals surface area contributed by atoms with Crippen LogP contribution in [-0.4, -0.2) is 20.7 Å². The largest absolute Gasteiger partial charge is 0.310 e. The van der Waals surface area contributed by atoms with Crippen molar-refractivity contribution in [1.82, 2.24) is 14.8 Å². The summed E-state index contributed by atoms with van der Waals surface area (Å²) < 4.78 is 2.79. The second kappa shape index (κ2) is 6.58. The maximum absolute atomic E-state index is 12.5. The number of carbonyl (C=O) groups excluding carboxylic acids is 1. The van der Waals surface area contributed by atoms with Crippen LogP contribution >= 0.6 is 34.5 Å². The van der Waals surface area contributed by atoms with Gasteiger partial charge in [-0.2, -0.15) is 9.78 Å². The third-order valence-corrected chi connectivity index (χ3v) is 6.77. The van der Waals surface area contributed by atoms with Crippen LogP contribution in [0.2, 0.25) is 10.0 Å². The highest BCUT2D eigenvalue weighted by Crippen LogP contribution is 2.44. The van der Waals surface area contributed by atoms with Crippen molar-refractivity contribution in [1.29, 1.82) is 0 Å². The van der Waals surface area contributed by atoms with E-state index >= 15 is 0 Å². The summed E-state index contributed by atoms with van der Waals surface area (Å²) in [7, 11) is 0. The SMILES string of the molecule is Cc1nn(-c2nc3ccccc3s2)c2c1C(c1cccc(Cl)c1Cl)CC(=O)N2. The first-order valence-corrected chi connectivity index (χ1v) is 10.3. The van der Waals surface area contributed by atoms with Crippen LogP contribution < -0.4 is 5.32 Å². The number of aryl methyl sites for hydroxylation is 1.